The van der Waals surface area contributed by atoms with E-state index in [9.17, 15) is 8.42 Å². The molecule has 4 N–H and O–H groups in total. The highest BCUT2D eigenvalue weighted by Crippen LogP contribution is 2.25. The van der Waals surface area contributed by atoms with Gasteiger partial charge in [0.25, 0.3) is 10.0 Å². The van der Waals surface area contributed by atoms with E-state index in [-0.39, 0.29) is 11.6 Å². The molecule has 0 amide bonds. The summed E-state index contributed by atoms with van der Waals surface area (Å²) in [5.41, 5.74) is 5.77. The van der Waals surface area contributed by atoms with Crippen LogP contribution < -0.4 is 10.5 Å². The molecule has 0 spiro atoms. The number of H-pyrrole nitrogens is 1. The molecule has 1 aliphatic carbocycles. The SMILES string of the molecule is NC1(CNS(=O)(=O)c2cnc[nH]2)CCCCC1. The van der Waals surface area contributed by atoms with Gasteiger partial charge in [-0.2, -0.15) is 0 Å². The second-order valence-electron chi connectivity index (χ2n) is 4.66. The smallest absolute Gasteiger partial charge is 0.257 e. The summed E-state index contributed by atoms with van der Waals surface area (Å²) < 4.78 is 26.2. The van der Waals surface area contributed by atoms with Gasteiger partial charge >= 0.3 is 0 Å². The van der Waals surface area contributed by atoms with E-state index in [0.717, 1.165) is 25.7 Å². The van der Waals surface area contributed by atoms with Crippen LogP contribution in [0.1, 0.15) is 32.1 Å². The number of nitrogens with one attached hydrogen (secondary N) is 2. The fraction of sp³-hybridized carbons (Fsp3) is 0.700. The number of hydrogen-bond acceptors (Lipinski definition) is 4. The van der Waals surface area contributed by atoms with Crippen molar-refractivity contribution in [3.63, 3.8) is 0 Å². The highest BCUT2D eigenvalue weighted by Gasteiger charge is 2.29. The second kappa shape index (κ2) is 4.75. The molecule has 1 aromatic heterocycles. The van der Waals surface area contributed by atoms with Crippen molar-refractivity contribution in [3.8, 4) is 0 Å². The Hall–Kier alpha value is -0.920. The Morgan fingerprint density at radius 1 is 1.41 bits per heavy atom. The minimum atomic E-state index is -3.50. The first kappa shape index (κ1) is 12.5. The van der Waals surface area contributed by atoms with Gasteiger partial charge in [0.05, 0.1) is 12.5 Å². The lowest BCUT2D eigenvalue weighted by molar-refractivity contribution is 0.296. The van der Waals surface area contributed by atoms with Crippen LogP contribution in [0, 0.1) is 0 Å². The number of aromatic nitrogens is 2. The van der Waals surface area contributed by atoms with E-state index >= 15 is 0 Å². The standard InChI is InChI=1S/C10H18N4O2S/c11-10(4-2-1-3-5-10)7-14-17(15,16)9-6-12-8-13-9/h6,8,14H,1-5,7,11H2,(H,12,13). The Morgan fingerprint density at radius 3 is 2.71 bits per heavy atom. The Balaban J connectivity index is 1.98. The topological polar surface area (TPSA) is 101 Å². The molecular weight excluding hydrogens is 240 g/mol. The lowest BCUT2D eigenvalue weighted by Crippen LogP contribution is -2.51. The van der Waals surface area contributed by atoms with Crippen molar-refractivity contribution in [1.29, 1.82) is 0 Å². The Bertz CT molecular complexity index is 449. The number of sulfonamides is 1. The van der Waals surface area contributed by atoms with Gasteiger partial charge < -0.3 is 10.7 Å². The molecule has 1 saturated carbocycles. The van der Waals surface area contributed by atoms with Crippen LogP contribution >= 0.6 is 0 Å². The molecule has 1 aliphatic rings. The molecule has 1 fully saturated rings. The summed E-state index contributed by atoms with van der Waals surface area (Å²) in [6.45, 7) is 0.286. The van der Waals surface area contributed by atoms with Crippen molar-refractivity contribution in [2.24, 2.45) is 5.73 Å². The van der Waals surface area contributed by atoms with Crippen LogP contribution in [0.25, 0.3) is 0 Å². The minimum Gasteiger partial charge on any atom is -0.335 e. The predicted molar refractivity (Wildman–Crippen MR) is 63.8 cm³/mol. The minimum absolute atomic E-state index is 0.0805. The Kier molecular flexibility index (Phi) is 3.50. The number of rotatable bonds is 4. The third kappa shape index (κ3) is 3.05. The maximum absolute atomic E-state index is 11.8. The lowest BCUT2D eigenvalue weighted by Gasteiger charge is -2.33. The molecule has 0 bridgehead atoms. The summed E-state index contributed by atoms with van der Waals surface area (Å²) in [6, 6.07) is 0. The fourth-order valence-electron chi connectivity index (χ4n) is 2.14. The number of imidazole rings is 1. The van der Waals surface area contributed by atoms with Crippen molar-refractivity contribution in [3.05, 3.63) is 12.5 Å². The molecule has 0 radical (unpaired) electrons. The van der Waals surface area contributed by atoms with Crippen molar-refractivity contribution in [2.75, 3.05) is 6.54 Å². The van der Waals surface area contributed by atoms with E-state index in [2.05, 4.69) is 14.7 Å². The van der Waals surface area contributed by atoms with Crippen molar-refractivity contribution in [2.45, 2.75) is 42.7 Å². The van der Waals surface area contributed by atoms with Crippen LogP contribution in [-0.2, 0) is 10.0 Å². The summed E-state index contributed by atoms with van der Waals surface area (Å²) in [7, 11) is -3.50. The van der Waals surface area contributed by atoms with E-state index in [1.807, 2.05) is 0 Å². The average molecular weight is 258 g/mol. The van der Waals surface area contributed by atoms with Crippen molar-refractivity contribution < 1.29 is 8.42 Å². The monoisotopic (exact) mass is 258 g/mol. The average Bonchev–Trinajstić information content (AvgIpc) is 2.82. The molecular formula is C10H18N4O2S. The van der Waals surface area contributed by atoms with Gasteiger partial charge in [0.2, 0.25) is 0 Å². The Labute approximate surface area is 101 Å². The van der Waals surface area contributed by atoms with E-state index in [1.165, 1.54) is 18.9 Å². The van der Waals surface area contributed by atoms with E-state index in [1.54, 1.807) is 0 Å². The zero-order valence-corrected chi connectivity index (χ0v) is 10.5. The fourth-order valence-corrected chi connectivity index (χ4v) is 3.18. The van der Waals surface area contributed by atoms with Crippen LogP contribution in [0.15, 0.2) is 17.6 Å². The number of aromatic amines is 1. The molecule has 0 aliphatic heterocycles. The van der Waals surface area contributed by atoms with E-state index < -0.39 is 15.6 Å². The summed E-state index contributed by atoms with van der Waals surface area (Å²) in [4.78, 5) is 6.27. The first-order valence-corrected chi connectivity index (χ1v) is 7.27. The van der Waals surface area contributed by atoms with Crippen LogP contribution in [0.3, 0.4) is 0 Å². The van der Waals surface area contributed by atoms with Gasteiger partial charge in [0, 0.05) is 12.1 Å². The zero-order valence-electron chi connectivity index (χ0n) is 9.65. The Morgan fingerprint density at radius 2 is 2.12 bits per heavy atom. The third-order valence-corrected chi connectivity index (χ3v) is 4.55. The van der Waals surface area contributed by atoms with Gasteiger partial charge in [-0.1, -0.05) is 19.3 Å². The van der Waals surface area contributed by atoms with Crippen LogP contribution in [0.2, 0.25) is 0 Å². The number of hydrogen-bond donors (Lipinski definition) is 3. The molecule has 1 aromatic rings. The maximum atomic E-state index is 11.8. The van der Waals surface area contributed by atoms with Gasteiger partial charge in [-0.05, 0) is 12.8 Å². The van der Waals surface area contributed by atoms with Gasteiger partial charge in [-0.3, -0.25) is 0 Å². The van der Waals surface area contributed by atoms with Crippen molar-refractivity contribution in [1.82, 2.24) is 14.7 Å². The van der Waals surface area contributed by atoms with Crippen LogP contribution in [-0.4, -0.2) is 30.5 Å². The molecule has 2 rings (SSSR count). The summed E-state index contributed by atoms with van der Waals surface area (Å²) in [5, 5.41) is 0.0805. The lowest BCUT2D eigenvalue weighted by atomic mass is 9.83. The van der Waals surface area contributed by atoms with Crippen LogP contribution in [0.5, 0.6) is 0 Å². The molecule has 0 unspecified atom stereocenters. The van der Waals surface area contributed by atoms with Gasteiger partial charge in [0.15, 0.2) is 5.03 Å². The molecule has 17 heavy (non-hydrogen) atoms. The maximum Gasteiger partial charge on any atom is 0.257 e. The molecule has 0 aromatic carbocycles. The summed E-state index contributed by atoms with van der Waals surface area (Å²) >= 11 is 0. The third-order valence-electron chi connectivity index (χ3n) is 3.23. The first-order valence-electron chi connectivity index (χ1n) is 5.79. The first-order chi connectivity index (χ1) is 8.02. The molecule has 7 heteroatoms. The van der Waals surface area contributed by atoms with Crippen molar-refractivity contribution >= 4 is 10.0 Å². The highest BCUT2D eigenvalue weighted by atomic mass is 32.2. The molecule has 96 valence electrons. The molecule has 0 saturated heterocycles. The largest absolute Gasteiger partial charge is 0.335 e. The summed E-state index contributed by atoms with van der Waals surface area (Å²) in [5.74, 6) is 0. The van der Waals surface area contributed by atoms with E-state index in [4.69, 9.17) is 5.73 Å². The number of nitrogens with zero attached hydrogens (tertiary/aromatic N) is 1. The number of nitrogens with two attached hydrogens (primary N) is 1. The van der Waals surface area contributed by atoms with Gasteiger partial charge in [-0.15, -0.1) is 0 Å². The van der Waals surface area contributed by atoms with Crippen LogP contribution in [0.4, 0.5) is 0 Å². The summed E-state index contributed by atoms with van der Waals surface area (Å²) in [6.07, 6.45) is 7.70. The van der Waals surface area contributed by atoms with E-state index in [0.29, 0.717) is 0 Å². The highest BCUT2D eigenvalue weighted by molar-refractivity contribution is 7.89. The van der Waals surface area contributed by atoms with Gasteiger partial charge in [-0.25, -0.2) is 18.1 Å². The predicted octanol–water partition coefficient (Wildman–Crippen LogP) is 0.350. The quantitative estimate of drug-likeness (QED) is 0.725. The molecule has 6 nitrogen and oxygen atoms in total. The molecule has 1 heterocycles. The normalized spacial score (nSPS) is 20.3. The zero-order chi connectivity index (χ0) is 12.4. The second-order valence-corrected chi connectivity index (χ2v) is 6.40. The molecule has 0 atom stereocenters. The van der Waals surface area contributed by atoms with Gasteiger partial charge in [0.1, 0.15) is 0 Å².